The van der Waals surface area contributed by atoms with Crippen molar-refractivity contribution < 1.29 is 57.2 Å². The quantitative estimate of drug-likeness (QED) is 0.353. The van der Waals surface area contributed by atoms with Gasteiger partial charge in [0.2, 0.25) is 0 Å². The summed E-state index contributed by atoms with van der Waals surface area (Å²) >= 11 is 0. The van der Waals surface area contributed by atoms with Crippen molar-refractivity contribution >= 4 is 26.0 Å². The van der Waals surface area contributed by atoms with E-state index in [1.807, 2.05) is 0 Å². The molecule has 0 atom stereocenters. The zero-order chi connectivity index (χ0) is 21.6. The molecule has 0 radical (unpaired) electrons. The van der Waals surface area contributed by atoms with Crippen LogP contribution in [0.15, 0.2) is 0 Å². The number of carbonyl (C=O) groups is 1. The molecule has 0 aromatic carbocycles. The van der Waals surface area contributed by atoms with Gasteiger partial charge in [-0.05, 0) is 6.92 Å². The second-order valence-corrected chi connectivity index (χ2v) is 8.65. The highest BCUT2D eigenvalue weighted by molar-refractivity contribution is 8.13. The minimum atomic E-state index is -6.72. The average molecular weight is 440 g/mol. The number of hydrogen-bond donors (Lipinski definition) is 0. The molecule has 0 N–H and O–H groups in total. The first-order valence-corrected chi connectivity index (χ1v) is 9.38. The molecule has 0 bridgehead atoms. The standard InChI is InChI=1S/C8H18NO2.C2F6NO4S2/c1-5-9(3,4)6-7-11-8(2)10;3-1(4,5)14(10,11)9-15(12,13)2(6,7)8/h5-7H2,1-4H3;/q+1;-1. The van der Waals surface area contributed by atoms with Crippen molar-refractivity contribution in [3.8, 4) is 0 Å². The number of alkyl halides is 6. The molecule has 0 aliphatic heterocycles. The second-order valence-electron chi connectivity index (χ2n) is 5.23. The van der Waals surface area contributed by atoms with Gasteiger partial charge in [0.05, 0.1) is 20.6 Å². The van der Waals surface area contributed by atoms with Gasteiger partial charge in [0.1, 0.15) is 13.2 Å². The van der Waals surface area contributed by atoms with Crippen LogP contribution in [0.2, 0.25) is 0 Å². The van der Waals surface area contributed by atoms with E-state index >= 15 is 0 Å². The molecule has 0 unspecified atom stereocenters. The Morgan fingerprint density at radius 2 is 1.31 bits per heavy atom. The van der Waals surface area contributed by atoms with Crippen LogP contribution in [0.4, 0.5) is 26.3 Å². The van der Waals surface area contributed by atoms with Gasteiger partial charge in [0.15, 0.2) is 20.0 Å². The number of nitrogens with zero attached hydrogens (tertiary/aromatic N) is 2. The fourth-order valence-corrected chi connectivity index (χ4v) is 2.52. The lowest BCUT2D eigenvalue weighted by molar-refractivity contribution is -0.888. The molecule has 26 heavy (non-hydrogen) atoms. The Labute approximate surface area is 146 Å². The smallest absolute Gasteiger partial charge is 0.460 e. The number of ether oxygens (including phenoxy) is 1. The van der Waals surface area contributed by atoms with Crippen molar-refractivity contribution in [1.29, 1.82) is 0 Å². The summed E-state index contributed by atoms with van der Waals surface area (Å²) in [7, 11) is -9.21. The Bertz CT molecular complexity index is 627. The summed E-state index contributed by atoms with van der Waals surface area (Å²) in [6, 6.07) is 0. The maximum Gasteiger partial charge on any atom is 0.480 e. The molecule has 158 valence electrons. The van der Waals surface area contributed by atoms with Gasteiger partial charge < -0.3 is 13.3 Å². The summed E-state index contributed by atoms with van der Waals surface area (Å²) in [6.07, 6.45) is 0. The average Bonchev–Trinajstić information content (AvgIpc) is 2.34. The predicted molar refractivity (Wildman–Crippen MR) is 77.5 cm³/mol. The largest absolute Gasteiger partial charge is 0.480 e. The molecule has 0 aromatic heterocycles. The zero-order valence-electron chi connectivity index (χ0n) is 14.0. The number of rotatable bonds is 6. The van der Waals surface area contributed by atoms with Crippen LogP contribution in [-0.4, -0.2) is 72.1 Å². The van der Waals surface area contributed by atoms with Crippen LogP contribution in [-0.2, 0) is 29.6 Å². The van der Waals surface area contributed by atoms with Crippen molar-refractivity contribution in [2.75, 3.05) is 33.8 Å². The van der Waals surface area contributed by atoms with E-state index in [1.165, 1.54) is 6.92 Å². The highest BCUT2D eigenvalue weighted by Gasteiger charge is 2.46. The normalized spacial score (nSPS) is 13.6. The summed E-state index contributed by atoms with van der Waals surface area (Å²) in [4.78, 5) is 10.4. The van der Waals surface area contributed by atoms with Crippen LogP contribution < -0.4 is 0 Å². The molecular weight excluding hydrogens is 422 g/mol. The molecule has 16 heteroatoms. The van der Waals surface area contributed by atoms with Crippen LogP contribution in [0.1, 0.15) is 13.8 Å². The fraction of sp³-hybridized carbons (Fsp3) is 0.900. The molecule has 0 saturated heterocycles. The first kappa shape index (κ1) is 27.1. The van der Waals surface area contributed by atoms with Gasteiger partial charge in [-0.2, -0.15) is 26.3 Å². The molecule has 0 heterocycles. The first-order valence-electron chi connectivity index (χ1n) is 6.50. The molecule has 0 saturated carbocycles. The molecular formula is C10H18F6N2O6S2. The van der Waals surface area contributed by atoms with Crippen molar-refractivity contribution in [3.63, 3.8) is 0 Å². The first-order chi connectivity index (χ1) is 11.2. The van der Waals surface area contributed by atoms with Gasteiger partial charge in [-0.1, -0.05) is 0 Å². The molecule has 0 spiro atoms. The van der Waals surface area contributed by atoms with Gasteiger partial charge in [-0.25, -0.2) is 16.8 Å². The van der Waals surface area contributed by atoms with E-state index in [-0.39, 0.29) is 5.97 Å². The molecule has 8 nitrogen and oxygen atoms in total. The summed E-state index contributed by atoms with van der Waals surface area (Å²) < 4.78 is 115. The highest BCUT2D eigenvalue weighted by Crippen LogP contribution is 2.36. The van der Waals surface area contributed by atoms with Crippen molar-refractivity contribution in [3.05, 3.63) is 4.13 Å². The maximum absolute atomic E-state index is 11.4. The Balaban J connectivity index is 0. The highest BCUT2D eigenvalue weighted by atomic mass is 32.3. The van der Waals surface area contributed by atoms with Crippen LogP contribution in [0.3, 0.4) is 0 Å². The molecule has 0 amide bonds. The maximum atomic E-state index is 11.4. The minimum Gasteiger partial charge on any atom is -0.460 e. The van der Waals surface area contributed by atoms with Crippen LogP contribution in [0.5, 0.6) is 0 Å². The van der Waals surface area contributed by atoms with E-state index in [0.717, 1.165) is 21.7 Å². The summed E-state index contributed by atoms with van der Waals surface area (Å²) in [5.41, 5.74) is -12.4. The van der Waals surface area contributed by atoms with Gasteiger partial charge >= 0.3 is 17.0 Å². The number of esters is 1. The number of sulfonamides is 2. The summed E-state index contributed by atoms with van der Waals surface area (Å²) in [5.74, 6) is -0.193. The van der Waals surface area contributed by atoms with E-state index in [1.54, 1.807) is 0 Å². The molecule has 0 aliphatic rings. The third-order valence-corrected chi connectivity index (χ3v) is 5.38. The Kier molecular flexibility index (Phi) is 9.57. The number of quaternary nitrogens is 1. The number of likely N-dealkylation sites (N-methyl/N-ethyl adjacent to an activating group) is 1. The van der Waals surface area contributed by atoms with E-state index in [9.17, 15) is 48.0 Å². The third kappa shape index (κ3) is 10.1. The van der Waals surface area contributed by atoms with Gasteiger partial charge in [0.25, 0.3) is 0 Å². The lowest BCUT2D eigenvalue weighted by Crippen LogP contribution is -2.42. The number of carbonyl (C=O) groups excluding carboxylic acids is 1. The van der Waals surface area contributed by atoms with Crippen LogP contribution in [0.25, 0.3) is 4.13 Å². The summed E-state index contributed by atoms with van der Waals surface area (Å²) in [5, 5.41) is 0. The topological polar surface area (TPSA) is 109 Å². The monoisotopic (exact) mass is 440 g/mol. The third-order valence-electron chi connectivity index (χ3n) is 2.64. The van der Waals surface area contributed by atoms with Crippen LogP contribution in [0, 0.1) is 0 Å². The Morgan fingerprint density at radius 3 is 1.54 bits per heavy atom. The van der Waals surface area contributed by atoms with Gasteiger partial charge in [0, 0.05) is 6.92 Å². The second kappa shape index (κ2) is 9.18. The molecule has 0 aromatic rings. The molecule has 0 rings (SSSR count). The van der Waals surface area contributed by atoms with Crippen molar-refractivity contribution in [1.82, 2.24) is 0 Å². The number of hydrogen-bond acceptors (Lipinski definition) is 6. The SMILES string of the molecule is CC[N+](C)(C)CCOC(C)=O.O=S(=O)([N-]S(=O)(=O)C(F)(F)F)C(F)(F)F. The van der Waals surface area contributed by atoms with Gasteiger partial charge in [-0.15, -0.1) is 0 Å². The predicted octanol–water partition coefficient (Wildman–Crippen LogP) is 1.71. The lowest BCUT2D eigenvalue weighted by Gasteiger charge is -2.27. The van der Waals surface area contributed by atoms with E-state index in [2.05, 4.69) is 21.0 Å². The van der Waals surface area contributed by atoms with Crippen molar-refractivity contribution in [2.24, 2.45) is 0 Å². The van der Waals surface area contributed by atoms with E-state index in [0.29, 0.717) is 6.61 Å². The van der Waals surface area contributed by atoms with E-state index < -0.39 is 31.1 Å². The van der Waals surface area contributed by atoms with E-state index in [4.69, 9.17) is 4.74 Å². The van der Waals surface area contributed by atoms with Gasteiger partial charge in [-0.3, -0.25) is 4.79 Å². The van der Waals surface area contributed by atoms with Crippen LogP contribution >= 0.6 is 0 Å². The number of halogens is 6. The lowest BCUT2D eigenvalue weighted by atomic mass is 10.4. The molecule has 0 fully saturated rings. The Morgan fingerprint density at radius 1 is 0.962 bits per heavy atom. The minimum absolute atomic E-state index is 0.193. The fourth-order valence-electron chi connectivity index (χ4n) is 0.808. The Hall–Kier alpha value is -1.13. The zero-order valence-corrected chi connectivity index (χ0v) is 15.7. The summed E-state index contributed by atoms with van der Waals surface area (Å²) in [6.45, 7) is 6.02. The molecule has 0 aliphatic carbocycles. The van der Waals surface area contributed by atoms with Crippen molar-refractivity contribution in [2.45, 2.75) is 24.9 Å².